The summed E-state index contributed by atoms with van der Waals surface area (Å²) < 4.78 is 4.69. The molecule has 0 fully saturated rings. The van der Waals surface area contributed by atoms with Crippen molar-refractivity contribution >= 4 is 71.2 Å². The number of nitrogens with zero attached hydrogens (tertiary/aromatic N) is 4. The fourth-order valence-electron chi connectivity index (χ4n) is 7.86. The molecule has 0 atom stereocenters. The van der Waals surface area contributed by atoms with Gasteiger partial charge in [-0.2, -0.15) is 0 Å². The van der Waals surface area contributed by atoms with Gasteiger partial charge < -0.3 is 4.57 Å². The van der Waals surface area contributed by atoms with Gasteiger partial charge in [0.05, 0.1) is 33.1 Å². The van der Waals surface area contributed by atoms with Crippen molar-refractivity contribution in [2.24, 2.45) is 0 Å². The van der Waals surface area contributed by atoms with Gasteiger partial charge >= 0.3 is 0 Å². The molecule has 0 radical (unpaired) electrons. The zero-order valence-corrected chi connectivity index (χ0v) is 25.8. The number of para-hydroxylation sites is 4. The van der Waals surface area contributed by atoms with E-state index in [4.69, 9.17) is 9.97 Å². The fourth-order valence-corrected chi connectivity index (χ4v) is 7.86. The van der Waals surface area contributed by atoms with Gasteiger partial charge in [0.15, 0.2) is 5.65 Å². The van der Waals surface area contributed by atoms with Gasteiger partial charge in [0.2, 0.25) is 0 Å². The lowest BCUT2D eigenvalue weighted by molar-refractivity contribution is 1.18. The largest absolute Gasteiger partial charge is 0.309 e. The Morgan fingerprint density at radius 3 is 1.75 bits per heavy atom. The normalized spacial score (nSPS) is 12.2. The first kappa shape index (κ1) is 25.6. The Morgan fingerprint density at radius 2 is 0.958 bits per heavy atom. The molecule has 0 bridgehead atoms. The van der Waals surface area contributed by atoms with Crippen LogP contribution in [0.25, 0.3) is 99.1 Å². The van der Waals surface area contributed by atoms with Crippen LogP contribution in [-0.2, 0) is 0 Å². The molecule has 0 aliphatic rings. The van der Waals surface area contributed by atoms with Crippen LogP contribution in [-0.4, -0.2) is 18.9 Å². The highest BCUT2D eigenvalue weighted by molar-refractivity contribution is 6.24. The number of hydrogen-bond donors (Lipinski definition) is 0. The molecule has 4 aromatic heterocycles. The quantitative estimate of drug-likeness (QED) is 0.199. The molecule has 0 unspecified atom stereocenters. The highest BCUT2D eigenvalue weighted by Gasteiger charge is 2.22. The minimum atomic E-state index is 0.900. The van der Waals surface area contributed by atoms with Crippen LogP contribution in [0.2, 0.25) is 0 Å². The van der Waals surface area contributed by atoms with Crippen LogP contribution in [0.3, 0.4) is 0 Å². The summed E-state index contributed by atoms with van der Waals surface area (Å²) in [5.41, 5.74) is 14.3. The van der Waals surface area contributed by atoms with Gasteiger partial charge in [-0.1, -0.05) is 91.0 Å². The summed E-state index contributed by atoms with van der Waals surface area (Å²) in [6.07, 6.45) is 0. The molecule has 222 valence electrons. The zero-order valence-electron chi connectivity index (χ0n) is 25.8. The predicted octanol–water partition coefficient (Wildman–Crippen LogP) is 11.2. The molecule has 4 heteroatoms. The summed E-state index contributed by atoms with van der Waals surface area (Å²) in [5, 5.41) is 6.07. The Labute approximate surface area is 275 Å². The summed E-state index contributed by atoms with van der Waals surface area (Å²) in [5.74, 6) is 0. The first-order valence-corrected chi connectivity index (χ1v) is 16.3. The van der Waals surface area contributed by atoms with Crippen LogP contribution in [0.5, 0.6) is 0 Å². The van der Waals surface area contributed by atoms with Crippen molar-refractivity contribution < 1.29 is 0 Å². The summed E-state index contributed by atoms with van der Waals surface area (Å²) in [7, 11) is 0. The smallest absolute Gasteiger partial charge is 0.165 e. The monoisotopic (exact) mass is 610 g/mol. The van der Waals surface area contributed by atoms with Gasteiger partial charge in [-0.3, -0.25) is 4.40 Å². The van der Waals surface area contributed by atoms with E-state index < -0.39 is 0 Å². The molecule has 0 amide bonds. The van der Waals surface area contributed by atoms with Gasteiger partial charge in [-0.15, -0.1) is 0 Å². The van der Waals surface area contributed by atoms with Crippen molar-refractivity contribution in [3.63, 3.8) is 0 Å². The highest BCUT2D eigenvalue weighted by atomic mass is 15.0. The number of fused-ring (bicyclic) bond motifs is 10. The molecule has 0 saturated heterocycles. The number of rotatable bonds is 3. The molecule has 0 aliphatic carbocycles. The summed E-state index contributed by atoms with van der Waals surface area (Å²) in [6, 6.07) is 56.6. The third-order valence-corrected chi connectivity index (χ3v) is 10.0. The van der Waals surface area contributed by atoms with Crippen molar-refractivity contribution in [1.82, 2.24) is 18.9 Å². The van der Waals surface area contributed by atoms with Gasteiger partial charge in [0.1, 0.15) is 5.52 Å². The van der Waals surface area contributed by atoms with E-state index in [1.165, 1.54) is 66.0 Å². The summed E-state index contributed by atoms with van der Waals surface area (Å²) in [6.45, 7) is 0. The van der Waals surface area contributed by atoms with E-state index in [0.29, 0.717) is 0 Å². The SMILES string of the molecule is c1ccc(-c2cc3c4cc(-c5ccc6c(c5)c5ccccc5n6-c5ccccc5)ccc4n4c5nc6ccccc6nc5c(c2)c34)cc1. The fraction of sp³-hybridized carbons (Fsp3) is 0. The average molecular weight is 611 g/mol. The maximum atomic E-state index is 5.19. The molecule has 0 aliphatic heterocycles. The van der Waals surface area contributed by atoms with Crippen molar-refractivity contribution in [3.8, 4) is 27.9 Å². The molecule has 0 spiro atoms. The molecule has 0 N–H and O–H groups in total. The van der Waals surface area contributed by atoms with Crippen LogP contribution < -0.4 is 0 Å². The molecular formula is C44H26N4. The maximum Gasteiger partial charge on any atom is 0.165 e. The molecule has 7 aromatic carbocycles. The van der Waals surface area contributed by atoms with E-state index in [1.807, 2.05) is 24.3 Å². The van der Waals surface area contributed by atoms with Crippen LogP contribution in [0, 0.1) is 0 Å². The first-order chi connectivity index (χ1) is 23.8. The van der Waals surface area contributed by atoms with E-state index in [1.54, 1.807) is 0 Å². The summed E-state index contributed by atoms with van der Waals surface area (Å²) >= 11 is 0. The molecule has 4 heterocycles. The predicted molar refractivity (Wildman–Crippen MR) is 199 cm³/mol. The Morgan fingerprint density at radius 1 is 0.375 bits per heavy atom. The van der Waals surface area contributed by atoms with E-state index in [9.17, 15) is 0 Å². The Bertz CT molecular complexity index is 3040. The third kappa shape index (κ3) is 3.49. The minimum Gasteiger partial charge on any atom is -0.309 e. The topological polar surface area (TPSA) is 35.1 Å². The Balaban J connectivity index is 1.19. The molecule has 4 nitrogen and oxygen atoms in total. The molecular weight excluding hydrogens is 585 g/mol. The van der Waals surface area contributed by atoms with E-state index in [0.717, 1.165) is 33.1 Å². The van der Waals surface area contributed by atoms with E-state index >= 15 is 0 Å². The minimum absolute atomic E-state index is 0.900. The van der Waals surface area contributed by atoms with Crippen LogP contribution in [0.1, 0.15) is 0 Å². The maximum absolute atomic E-state index is 5.19. The second-order valence-corrected chi connectivity index (χ2v) is 12.7. The van der Waals surface area contributed by atoms with Gasteiger partial charge in [-0.25, -0.2) is 9.97 Å². The molecule has 0 saturated carbocycles. The van der Waals surface area contributed by atoms with Crippen molar-refractivity contribution in [2.75, 3.05) is 0 Å². The van der Waals surface area contributed by atoms with Gasteiger partial charge in [0.25, 0.3) is 0 Å². The third-order valence-electron chi connectivity index (χ3n) is 10.0. The number of aromatic nitrogens is 4. The van der Waals surface area contributed by atoms with Crippen LogP contribution in [0.4, 0.5) is 0 Å². The Hall–Kier alpha value is -6.52. The van der Waals surface area contributed by atoms with E-state index in [2.05, 4.69) is 142 Å². The number of benzene rings is 7. The lowest BCUT2D eigenvalue weighted by atomic mass is 9.98. The van der Waals surface area contributed by atoms with Gasteiger partial charge in [-0.05, 0) is 89.0 Å². The van der Waals surface area contributed by atoms with Crippen molar-refractivity contribution in [2.45, 2.75) is 0 Å². The average Bonchev–Trinajstić information content (AvgIpc) is 3.78. The Kier molecular flexibility index (Phi) is 5.08. The lowest BCUT2D eigenvalue weighted by Crippen LogP contribution is -1.92. The van der Waals surface area contributed by atoms with Crippen molar-refractivity contribution in [3.05, 3.63) is 158 Å². The second kappa shape index (κ2) is 9.50. The molecule has 11 aromatic rings. The van der Waals surface area contributed by atoms with Gasteiger partial charge in [0, 0.05) is 32.6 Å². The van der Waals surface area contributed by atoms with E-state index in [-0.39, 0.29) is 0 Å². The summed E-state index contributed by atoms with van der Waals surface area (Å²) in [4.78, 5) is 10.4. The lowest BCUT2D eigenvalue weighted by Gasteiger charge is -2.08. The second-order valence-electron chi connectivity index (χ2n) is 12.7. The first-order valence-electron chi connectivity index (χ1n) is 16.3. The number of hydrogen-bond acceptors (Lipinski definition) is 2. The molecule has 48 heavy (non-hydrogen) atoms. The highest BCUT2D eigenvalue weighted by Crippen LogP contribution is 2.43. The molecule has 11 rings (SSSR count). The zero-order chi connectivity index (χ0) is 31.3. The van der Waals surface area contributed by atoms with Crippen molar-refractivity contribution in [1.29, 1.82) is 0 Å². The van der Waals surface area contributed by atoms with Crippen LogP contribution >= 0.6 is 0 Å². The van der Waals surface area contributed by atoms with Crippen LogP contribution in [0.15, 0.2) is 158 Å². The standard InChI is InChI=1S/C44H26N4/c1-3-11-27(12-4-1)30-25-35-34-24-29(20-22-41(34)48-43(35)36(26-30)42-44(48)46-38-17-9-8-16-37(38)45-42)28-19-21-40-33(23-28)32-15-7-10-18-39(32)47(40)31-13-5-2-6-14-31/h1-26H.